The van der Waals surface area contributed by atoms with Crippen LogP contribution in [0.1, 0.15) is 226 Å². The van der Waals surface area contributed by atoms with Crippen LogP contribution in [-0.2, 0) is 42.9 Å². The lowest BCUT2D eigenvalue weighted by Crippen LogP contribution is -2.61. The van der Waals surface area contributed by atoms with Gasteiger partial charge in [-0.1, -0.05) is 189 Å². The molecule has 1 aliphatic rings. The first kappa shape index (κ1) is 68.7. The summed E-state index contributed by atoms with van der Waals surface area (Å²) in [5.41, 5.74) is 0. The van der Waals surface area contributed by atoms with Gasteiger partial charge in [-0.25, -0.2) is 4.79 Å². The summed E-state index contributed by atoms with van der Waals surface area (Å²) in [6, 6.07) is 0. The van der Waals surface area contributed by atoms with E-state index in [1.165, 1.54) is 19.3 Å². The lowest BCUT2D eigenvalue weighted by atomic mass is 9.98. The first-order chi connectivity index (χ1) is 36.6. The number of esters is 3. The van der Waals surface area contributed by atoms with Crippen molar-refractivity contribution in [1.82, 2.24) is 0 Å². The van der Waals surface area contributed by atoms with Crippen molar-refractivity contribution in [3.63, 3.8) is 0 Å². The van der Waals surface area contributed by atoms with Crippen molar-refractivity contribution >= 4 is 23.9 Å². The maximum absolute atomic E-state index is 13.1. The molecule has 0 amide bonds. The second kappa shape index (κ2) is 50.5. The van der Waals surface area contributed by atoms with E-state index in [1.807, 2.05) is 0 Å². The first-order valence-electron chi connectivity index (χ1n) is 29.2. The van der Waals surface area contributed by atoms with Gasteiger partial charge in [0, 0.05) is 19.3 Å². The van der Waals surface area contributed by atoms with E-state index in [-0.39, 0.29) is 25.9 Å². The zero-order valence-electron chi connectivity index (χ0n) is 46.8. The summed E-state index contributed by atoms with van der Waals surface area (Å²) in [6.45, 7) is 5.69. The number of aliphatic carboxylic acids is 1. The Morgan fingerprint density at radius 2 is 0.840 bits per heavy atom. The zero-order chi connectivity index (χ0) is 54.7. The minimum absolute atomic E-state index is 0.0399. The van der Waals surface area contributed by atoms with E-state index in [0.717, 1.165) is 148 Å². The average Bonchev–Trinajstić information content (AvgIpc) is 3.39. The summed E-state index contributed by atoms with van der Waals surface area (Å²) >= 11 is 0. The van der Waals surface area contributed by atoms with Crippen LogP contribution in [0, 0.1) is 0 Å². The SMILES string of the molecule is CC/C=C\C/C=C\C/C=C\CCCCCCCCCC(=O)OC1C(OCC(COC(=O)CCCCCCC/C=C\C/C=C\CCCCC)OC(=O)CCCCC/C=C\C/C=C\C/C=C\CC)OC(C(=O)O)C(O)C1O. The molecular weight excluding hydrogens is 949 g/mol. The molecule has 3 N–H and O–H groups in total. The monoisotopic (exact) mass is 1050 g/mol. The van der Waals surface area contributed by atoms with Crippen molar-refractivity contribution in [3.8, 4) is 0 Å². The molecule has 1 heterocycles. The van der Waals surface area contributed by atoms with Crippen molar-refractivity contribution < 1.29 is 58.2 Å². The van der Waals surface area contributed by atoms with E-state index < -0.39 is 67.3 Å². The Hall–Kier alpha value is -4.36. The number of allylic oxidation sites excluding steroid dienone is 16. The predicted molar refractivity (Wildman–Crippen MR) is 303 cm³/mol. The van der Waals surface area contributed by atoms with E-state index in [9.17, 15) is 34.5 Å². The zero-order valence-corrected chi connectivity index (χ0v) is 46.8. The fraction of sp³-hybridized carbons (Fsp3) is 0.683. The number of hydrogen-bond donors (Lipinski definition) is 3. The van der Waals surface area contributed by atoms with Crippen molar-refractivity contribution in [3.05, 3.63) is 97.2 Å². The second-order valence-corrected chi connectivity index (χ2v) is 19.5. The fourth-order valence-corrected chi connectivity index (χ4v) is 8.19. The molecule has 0 aliphatic carbocycles. The third kappa shape index (κ3) is 40.6. The quantitative estimate of drug-likeness (QED) is 0.0228. The minimum atomic E-state index is -1.92. The maximum Gasteiger partial charge on any atom is 0.335 e. The topological polar surface area (TPSA) is 175 Å². The number of hydrogen-bond acceptors (Lipinski definition) is 11. The molecule has 0 aromatic heterocycles. The lowest BCUT2D eigenvalue weighted by molar-refractivity contribution is -0.301. The van der Waals surface area contributed by atoms with Crippen molar-refractivity contribution in [2.45, 2.75) is 263 Å². The molecule has 1 aliphatic heterocycles. The third-order valence-corrected chi connectivity index (χ3v) is 12.6. The Labute approximate surface area is 453 Å². The van der Waals surface area contributed by atoms with E-state index in [1.54, 1.807) is 0 Å². The minimum Gasteiger partial charge on any atom is -0.479 e. The molecule has 1 saturated heterocycles. The van der Waals surface area contributed by atoms with E-state index in [4.69, 9.17) is 23.7 Å². The van der Waals surface area contributed by atoms with Crippen LogP contribution in [0.15, 0.2) is 97.2 Å². The summed E-state index contributed by atoms with van der Waals surface area (Å²) in [5.74, 6) is -3.20. The third-order valence-electron chi connectivity index (χ3n) is 12.6. The van der Waals surface area contributed by atoms with Crippen LogP contribution in [-0.4, -0.2) is 89.2 Å². The summed E-state index contributed by atoms with van der Waals surface area (Å²) in [4.78, 5) is 51.1. The summed E-state index contributed by atoms with van der Waals surface area (Å²) < 4.78 is 28.4. The van der Waals surface area contributed by atoms with Gasteiger partial charge >= 0.3 is 23.9 Å². The molecule has 0 radical (unpaired) electrons. The van der Waals surface area contributed by atoms with Crippen LogP contribution in [0.25, 0.3) is 0 Å². The number of rotatable bonds is 48. The largest absolute Gasteiger partial charge is 0.479 e. The molecule has 0 bridgehead atoms. The van der Waals surface area contributed by atoms with Gasteiger partial charge in [0.05, 0.1) is 6.61 Å². The Morgan fingerprint density at radius 3 is 1.29 bits per heavy atom. The number of aliphatic hydroxyl groups excluding tert-OH is 2. The summed E-state index contributed by atoms with van der Waals surface area (Å²) in [7, 11) is 0. The van der Waals surface area contributed by atoms with Crippen LogP contribution in [0.4, 0.5) is 0 Å². The van der Waals surface area contributed by atoms with Crippen LogP contribution < -0.4 is 0 Å². The highest BCUT2D eigenvalue weighted by Crippen LogP contribution is 2.26. The Morgan fingerprint density at radius 1 is 0.453 bits per heavy atom. The van der Waals surface area contributed by atoms with Crippen LogP contribution in [0.5, 0.6) is 0 Å². The number of carboxylic acids is 1. The summed E-state index contributed by atoms with van der Waals surface area (Å²) in [5, 5.41) is 31.5. The number of carboxylic acid groups (broad SMARTS) is 1. The Kier molecular flexibility index (Phi) is 46.2. The number of carbonyl (C=O) groups is 4. The highest BCUT2D eigenvalue weighted by Gasteiger charge is 2.50. The number of aliphatic hydroxyl groups is 2. The van der Waals surface area contributed by atoms with Gasteiger partial charge in [-0.2, -0.15) is 0 Å². The van der Waals surface area contributed by atoms with Crippen molar-refractivity contribution in [2.75, 3.05) is 13.2 Å². The average molecular weight is 1050 g/mol. The molecule has 0 spiro atoms. The van der Waals surface area contributed by atoms with E-state index >= 15 is 0 Å². The number of ether oxygens (including phenoxy) is 5. The maximum atomic E-state index is 13.1. The van der Waals surface area contributed by atoms with Gasteiger partial charge in [-0.05, 0) is 116 Å². The molecule has 6 atom stereocenters. The van der Waals surface area contributed by atoms with Gasteiger partial charge in [0.15, 0.2) is 24.6 Å². The molecular formula is C63H102O12. The van der Waals surface area contributed by atoms with Gasteiger partial charge in [-0.3, -0.25) is 14.4 Å². The normalized spacial score (nSPS) is 18.9. The molecule has 0 aromatic rings. The fourth-order valence-electron chi connectivity index (χ4n) is 8.19. The van der Waals surface area contributed by atoms with Gasteiger partial charge in [0.25, 0.3) is 0 Å². The molecule has 6 unspecified atom stereocenters. The molecule has 1 rings (SSSR count). The highest BCUT2D eigenvalue weighted by molar-refractivity contribution is 5.74. The molecule has 12 heteroatoms. The van der Waals surface area contributed by atoms with Gasteiger partial charge in [-0.15, -0.1) is 0 Å². The van der Waals surface area contributed by atoms with E-state index in [0.29, 0.717) is 19.3 Å². The lowest BCUT2D eigenvalue weighted by Gasteiger charge is -2.40. The van der Waals surface area contributed by atoms with Gasteiger partial charge in [0.2, 0.25) is 0 Å². The Bertz CT molecular complexity index is 1670. The molecule has 1 fully saturated rings. The second-order valence-electron chi connectivity index (χ2n) is 19.5. The van der Waals surface area contributed by atoms with E-state index in [2.05, 4.69) is 118 Å². The Balaban J connectivity index is 2.72. The highest BCUT2D eigenvalue weighted by atomic mass is 16.7. The first-order valence-corrected chi connectivity index (χ1v) is 29.2. The van der Waals surface area contributed by atoms with Crippen molar-refractivity contribution in [2.24, 2.45) is 0 Å². The van der Waals surface area contributed by atoms with Crippen LogP contribution in [0.3, 0.4) is 0 Å². The van der Waals surface area contributed by atoms with Crippen LogP contribution >= 0.6 is 0 Å². The molecule has 0 saturated carbocycles. The molecule has 0 aromatic carbocycles. The standard InChI is InChI=1S/C63H102O12/c1-4-7-10-13-16-19-22-25-27-28-30-33-36-39-42-45-48-51-57(66)74-61-59(68)58(67)60(62(69)70)75-63(61)72-53-54(73-56(65)50-47-44-41-38-35-31-24-21-18-15-12-9-6-3)52-71-55(64)49-46-43-40-37-34-32-29-26-23-20-17-14-11-8-5-2/h7,9-10,12,16-21,25-27,29,31,35,54,58-61,63,67-68H,4-6,8,11,13-15,22-24,28,30,32-34,36-53H2,1-3H3,(H,69,70)/b10-7-,12-9-,19-16-,20-17-,21-18-,27-25-,29-26-,35-31-. The number of carbonyl (C=O) groups excluding carboxylic acids is 3. The molecule has 426 valence electrons. The smallest absolute Gasteiger partial charge is 0.335 e. The molecule has 12 nitrogen and oxygen atoms in total. The van der Waals surface area contributed by atoms with Gasteiger partial charge in [0.1, 0.15) is 18.8 Å². The number of unbranched alkanes of at least 4 members (excludes halogenated alkanes) is 18. The van der Waals surface area contributed by atoms with Gasteiger partial charge < -0.3 is 39.0 Å². The summed E-state index contributed by atoms with van der Waals surface area (Å²) in [6.07, 6.45) is 53.8. The molecule has 75 heavy (non-hydrogen) atoms. The predicted octanol–water partition coefficient (Wildman–Crippen LogP) is 14.9. The van der Waals surface area contributed by atoms with Crippen molar-refractivity contribution in [1.29, 1.82) is 0 Å². The van der Waals surface area contributed by atoms with Crippen LogP contribution in [0.2, 0.25) is 0 Å².